The van der Waals surface area contributed by atoms with Crippen molar-refractivity contribution in [3.63, 3.8) is 0 Å². The van der Waals surface area contributed by atoms with Crippen LogP contribution in [0, 0.1) is 10.1 Å². The Hall–Kier alpha value is -4.89. The predicted octanol–water partition coefficient (Wildman–Crippen LogP) is 5.34. The van der Waals surface area contributed by atoms with Crippen LogP contribution in [0.25, 0.3) is 0 Å². The molecular weight excluding hydrogens is 674 g/mol. The number of aliphatic hydroxyl groups is 1. The van der Waals surface area contributed by atoms with Crippen molar-refractivity contribution >= 4 is 56.5 Å². The van der Waals surface area contributed by atoms with E-state index < -0.39 is 50.9 Å². The highest BCUT2D eigenvalue weighted by atomic mass is 79.9. The van der Waals surface area contributed by atoms with Crippen molar-refractivity contribution in [3.8, 4) is 11.5 Å². The highest BCUT2D eigenvalue weighted by molar-refractivity contribution is 9.09. The van der Waals surface area contributed by atoms with Crippen LogP contribution >= 0.6 is 27.7 Å². The average Bonchev–Trinajstić information content (AvgIpc) is 3.04. The molecule has 1 saturated heterocycles. The Bertz CT molecular complexity index is 1590. The molecule has 0 spiro atoms. The highest BCUT2D eigenvalue weighted by Gasteiger charge is 2.54. The molecule has 2 bridgehead atoms. The minimum Gasteiger partial charge on any atom is -0.509 e. The molecule has 6 rings (SSSR count). The number of β-lactam (4-membered cyclic amide) rings is 1. The molecule has 3 aromatic rings. The van der Waals surface area contributed by atoms with Crippen LogP contribution in [0.5, 0.6) is 11.5 Å². The van der Waals surface area contributed by atoms with E-state index in [1.54, 1.807) is 30.3 Å². The van der Waals surface area contributed by atoms with E-state index in [1.807, 2.05) is 24.3 Å². The Morgan fingerprint density at radius 1 is 1.00 bits per heavy atom. The Balaban J connectivity index is 0.000000569. The second-order valence-electron chi connectivity index (χ2n) is 9.42. The number of hydrogen-bond acceptors (Lipinski definition) is 11. The number of benzene rings is 3. The van der Waals surface area contributed by atoms with E-state index in [4.69, 9.17) is 14.2 Å². The molecule has 3 aliphatic heterocycles. The van der Waals surface area contributed by atoms with Gasteiger partial charge in [0.2, 0.25) is 5.91 Å². The SMILES string of the molecule is CC(=O)NC1C(=O)N(C(C(=O)OCc2ccc([N+](=O)[O-])cc2)=C(O)CBr)C1SC(=O)OCc1ccccc1.c1cc2cc(c1)O2. The van der Waals surface area contributed by atoms with Crippen molar-refractivity contribution < 1.29 is 43.4 Å². The Kier molecular flexibility index (Phi) is 11.2. The summed E-state index contributed by atoms with van der Waals surface area (Å²) in [5.74, 6) is -0.949. The Labute approximate surface area is 269 Å². The molecule has 13 nitrogen and oxygen atoms in total. The van der Waals surface area contributed by atoms with Gasteiger partial charge in [-0.15, -0.1) is 0 Å². The number of non-ortho nitro benzene ring substituents is 1. The summed E-state index contributed by atoms with van der Waals surface area (Å²) in [6.45, 7) is 0.839. The van der Waals surface area contributed by atoms with Gasteiger partial charge in [0.1, 0.15) is 41.9 Å². The van der Waals surface area contributed by atoms with Gasteiger partial charge in [0, 0.05) is 25.1 Å². The number of aliphatic hydroxyl groups excluding tert-OH is 1. The van der Waals surface area contributed by atoms with Gasteiger partial charge in [0.15, 0.2) is 5.70 Å². The number of likely N-dealkylation sites (tertiary alicyclic amines) is 1. The first-order valence-electron chi connectivity index (χ1n) is 13.2. The Morgan fingerprint density at radius 2 is 1.60 bits per heavy atom. The number of allylic oxidation sites excluding steroid dienone is 1. The van der Waals surface area contributed by atoms with E-state index in [0.717, 1.165) is 22.0 Å². The summed E-state index contributed by atoms with van der Waals surface area (Å²) in [5, 5.41) is 21.6. The number of nitrogens with one attached hydrogen (secondary N) is 1. The molecule has 45 heavy (non-hydrogen) atoms. The summed E-state index contributed by atoms with van der Waals surface area (Å²) < 4.78 is 15.5. The maximum atomic E-state index is 13.0. The lowest BCUT2D eigenvalue weighted by atomic mass is 10.1. The van der Waals surface area contributed by atoms with Crippen LogP contribution in [0.1, 0.15) is 18.1 Å². The number of carbonyl (C=O) groups excluding carboxylic acids is 4. The third-order valence-electron chi connectivity index (χ3n) is 6.21. The van der Waals surface area contributed by atoms with Gasteiger partial charge in [-0.2, -0.15) is 0 Å². The van der Waals surface area contributed by atoms with Crippen molar-refractivity contribution in [3.05, 3.63) is 112 Å². The number of halogens is 1. The van der Waals surface area contributed by atoms with Gasteiger partial charge in [-0.25, -0.2) is 9.59 Å². The smallest absolute Gasteiger partial charge is 0.369 e. The molecule has 3 aliphatic rings. The van der Waals surface area contributed by atoms with Crippen molar-refractivity contribution in [1.82, 2.24) is 10.2 Å². The van der Waals surface area contributed by atoms with Crippen LogP contribution in [0.3, 0.4) is 0 Å². The van der Waals surface area contributed by atoms with Crippen molar-refractivity contribution in [2.24, 2.45) is 0 Å². The maximum Gasteiger partial charge on any atom is 0.369 e. The third kappa shape index (κ3) is 8.61. The van der Waals surface area contributed by atoms with Crippen LogP contribution in [0.2, 0.25) is 0 Å². The minimum atomic E-state index is -1.16. The molecule has 2 N–H and O–H groups in total. The summed E-state index contributed by atoms with van der Waals surface area (Å²) in [6.07, 6.45) is 0. The monoisotopic (exact) mass is 699 g/mol. The van der Waals surface area contributed by atoms with E-state index >= 15 is 0 Å². The number of nitrogens with zero attached hydrogens (tertiary/aromatic N) is 2. The molecule has 0 radical (unpaired) electrons. The minimum absolute atomic E-state index is 0.0369. The fourth-order valence-electron chi connectivity index (χ4n) is 4.05. The number of nitro groups is 1. The molecule has 234 valence electrons. The first kappa shape index (κ1) is 33.0. The van der Waals surface area contributed by atoms with Crippen molar-refractivity contribution in [1.29, 1.82) is 0 Å². The number of nitro benzene ring substituents is 1. The largest absolute Gasteiger partial charge is 0.509 e. The lowest BCUT2D eigenvalue weighted by Crippen LogP contribution is -2.69. The number of carbonyl (C=O) groups is 4. The molecule has 15 heteroatoms. The zero-order valence-electron chi connectivity index (χ0n) is 23.6. The standard InChI is InChI=1S/C24H22BrN3O9S.C6H4O/c1-14(29)26-19-21(31)27(22(19)38-24(33)37-13-15-5-3-2-4-6-15)20(18(30)11-25)23(32)36-12-16-7-9-17(10-8-16)28(34)35;1-2-5-4-6(3-1)7-5/h2-10,19,22,30H,11-13H2,1H3,(H,26,29);1-4H. The maximum absolute atomic E-state index is 13.0. The first-order valence-corrected chi connectivity index (χ1v) is 15.2. The van der Waals surface area contributed by atoms with Gasteiger partial charge in [0.25, 0.3) is 11.6 Å². The summed E-state index contributed by atoms with van der Waals surface area (Å²) in [6, 6.07) is 20.8. The molecular formula is C30H26BrN3O10S. The number of thioether (sulfide) groups is 1. The lowest BCUT2D eigenvalue weighted by molar-refractivity contribution is -0.384. The number of esters is 1. The Morgan fingerprint density at radius 3 is 2.11 bits per heavy atom. The van der Waals surface area contributed by atoms with E-state index in [2.05, 4.69) is 21.2 Å². The van der Waals surface area contributed by atoms with Crippen LogP contribution in [0.15, 0.2) is 90.3 Å². The summed E-state index contributed by atoms with van der Waals surface area (Å²) in [4.78, 5) is 61.2. The third-order valence-corrected chi connectivity index (χ3v) is 7.78. The molecule has 0 aliphatic carbocycles. The lowest BCUT2D eigenvalue weighted by Gasteiger charge is -2.45. The van der Waals surface area contributed by atoms with E-state index in [1.165, 1.54) is 31.2 Å². The number of fused-ring (bicyclic) bond motifs is 2. The molecule has 2 atom stereocenters. The topological polar surface area (TPSA) is 175 Å². The zero-order valence-corrected chi connectivity index (χ0v) is 26.0. The quantitative estimate of drug-likeness (QED) is 0.0416. The molecule has 2 amide bonds. The fourth-order valence-corrected chi connectivity index (χ4v) is 5.28. The molecule has 0 saturated carbocycles. The number of rotatable bonds is 10. The van der Waals surface area contributed by atoms with E-state index in [9.17, 15) is 34.4 Å². The van der Waals surface area contributed by atoms with Gasteiger partial charge in [-0.05, 0) is 47.2 Å². The van der Waals surface area contributed by atoms with Crippen LogP contribution in [-0.4, -0.2) is 54.8 Å². The van der Waals surface area contributed by atoms with Crippen LogP contribution in [0.4, 0.5) is 10.5 Å². The summed E-state index contributed by atoms with van der Waals surface area (Å²) in [7, 11) is 0. The summed E-state index contributed by atoms with van der Waals surface area (Å²) in [5.41, 5.74) is 0.479. The van der Waals surface area contributed by atoms with E-state index in [0.29, 0.717) is 17.3 Å². The fraction of sp³-hybridized carbons (Fsp3) is 0.200. The zero-order chi connectivity index (χ0) is 32.5. The molecule has 1 fully saturated rings. The van der Waals surface area contributed by atoms with Gasteiger partial charge in [0.05, 0.1) is 10.3 Å². The van der Waals surface area contributed by atoms with Crippen LogP contribution in [-0.2, 0) is 37.1 Å². The van der Waals surface area contributed by atoms with Gasteiger partial charge >= 0.3 is 11.3 Å². The van der Waals surface area contributed by atoms with Gasteiger partial charge in [-0.3, -0.25) is 24.6 Å². The van der Waals surface area contributed by atoms with Gasteiger partial charge < -0.3 is 24.6 Å². The first-order chi connectivity index (χ1) is 21.6. The van der Waals surface area contributed by atoms with Crippen molar-refractivity contribution in [2.45, 2.75) is 31.6 Å². The normalized spacial score (nSPS) is 16.3. The van der Waals surface area contributed by atoms with Gasteiger partial charge in [-0.1, -0.05) is 52.3 Å². The second kappa shape index (κ2) is 15.2. The average molecular weight is 701 g/mol. The molecule has 2 unspecified atom stereocenters. The molecule has 3 aromatic carbocycles. The number of alkyl halides is 1. The predicted molar refractivity (Wildman–Crippen MR) is 165 cm³/mol. The van der Waals surface area contributed by atoms with Crippen molar-refractivity contribution in [2.75, 3.05) is 5.33 Å². The number of ether oxygens (including phenoxy) is 3. The van der Waals surface area contributed by atoms with Crippen LogP contribution < -0.4 is 10.1 Å². The number of amides is 2. The van der Waals surface area contributed by atoms with E-state index in [-0.39, 0.29) is 24.2 Å². The molecule has 0 aromatic heterocycles. The molecule has 3 heterocycles. The second-order valence-corrected chi connectivity index (χ2v) is 11.0. The highest BCUT2D eigenvalue weighted by Crippen LogP contribution is 2.36. The number of hydrogen-bond donors (Lipinski definition) is 2. The summed E-state index contributed by atoms with van der Waals surface area (Å²) >= 11 is 3.59.